The number of imidazole rings is 1. The van der Waals surface area contributed by atoms with Gasteiger partial charge in [-0.1, -0.05) is 0 Å². The first-order chi connectivity index (χ1) is 9.20. The van der Waals surface area contributed by atoms with Gasteiger partial charge in [-0.05, 0) is 26.7 Å². The van der Waals surface area contributed by atoms with E-state index in [0.29, 0.717) is 12.1 Å². The van der Waals surface area contributed by atoms with Gasteiger partial charge >= 0.3 is 0 Å². The predicted molar refractivity (Wildman–Crippen MR) is 74.0 cm³/mol. The largest absolute Gasteiger partial charge is 0.380 e. The zero-order valence-corrected chi connectivity index (χ0v) is 12.1. The Bertz CT molecular complexity index is 381. The maximum absolute atomic E-state index is 5.86. The van der Waals surface area contributed by atoms with Crippen LogP contribution in [0.1, 0.15) is 38.5 Å². The molecule has 1 N–H and O–H groups in total. The zero-order chi connectivity index (χ0) is 13.7. The van der Waals surface area contributed by atoms with Gasteiger partial charge in [-0.15, -0.1) is 0 Å². The van der Waals surface area contributed by atoms with E-state index >= 15 is 0 Å². The lowest BCUT2D eigenvalue weighted by Gasteiger charge is -2.32. The second-order valence-electron chi connectivity index (χ2n) is 5.24. The molecule has 5 heteroatoms. The van der Waals surface area contributed by atoms with Crippen molar-refractivity contribution in [2.24, 2.45) is 7.05 Å². The van der Waals surface area contributed by atoms with Crippen LogP contribution in [0.15, 0.2) is 12.5 Å². The summed E-state index contributed by atoms with van der Waals surface area (Å²) < 4.78 is 13.3. The maximum atomic E-state index is 5.86. The second-order valence-corrected chi connectivity index (χ2v) is 5.24. The van der Waals surface area contributed by atoms with Crippen molar-refractivity contribution in [2.75, 3.05) is 19.8 Å². The van der Waals surface area contributed by atoms with E-state index < -0.39 is 0 Å². The first-order valence-electron chi connectivity index (χ1n) is 7.12. The minimum Gasteiger partial charge on any atom is -0.380 e. The van der Waals surface area contributed by atoms with Crippen LogP contribution >= 0.6 is 0 Å². The maximum Gasteiger partial charge on any atom is 0.100 e. The van der Waals surface area contributed by atoms with E-state index in [4.69, 9.17) is 9.47 Å². The van der Waals surface area contributed by atoms with E-state index in [1.807, 2.05) is 31.1 Å². The smallest absolute Gasteiger partial charge is 0.100 e. The van der Waals surface area contributed by atoms with Gasteiger partial charge in [0.15, 0.2) is 0 Å². The molecule has 2 heterocycles. The van der Waals surface area contributed by atoms with Crippen molar-refractivity contribution in [3.8, 4) is 0 Å². The molecule has 0 radical (unpaired) electrons. The van der Waals surface area contributed by atoms with Crippen LogP contribution in [0, 0.1) is 0 Å². The Kier molecular flexibility index (Phi) is 5.36. The Labute approximate surface area is 115 Å². The highest BCUT2D eigenvalue weighted by Gasteiger charge is 2.26. The lowest BCUT2D eigenvalue weighted by molar-refractivity contribution is -0.00764. The summed E-state index contributed by atoms with van der Waals surface area (Å²) in [6.07, 6.45) is 5.93. The van der Waals surface area contributed by atoms with Gasteiger partial charge in [0.25, 0.3) is 0 Å². The summed E-state index contributed by atoms with van der Waals surface area (Å²) >= 11 is 0. The van der Waals surface area contributed by atoms with Crippen LogP contribution in [-0.2, 0) is 16.5 Å². The van der Waals surface area contributed by atoms with Gasteiger partial charge in [0.05, 0.1) is 24.8 Å². The fraction of sp³-hybridized carbons (Fsp3) is 0.786. The lowest BCUT2D eigenvalue weighted by Crippen LogP contribution is -2.43. The summed E-state index contributed by atoms with van der Waals surface area (Å²) in [6.45, 7) is 6.54. The van der Waals surface area contributed by atoms with Crippen molar-refractivity contribution < 1.29 is 9.47 Å². The van der Waals surface area contributed by atoms with Gasteiger partial charge in [-0.25, -0.2) is 4.98 Å². The molecule has 1 aliphatic heterocycles. The van der Waals surface area contributed by atoms with Crippen molar-refractivity contribution in [3.05, 3.63) is 18.2 Å². The van der Waals surface area contributed by atoms with Gasteiger partial charge < -0.3 is 19.4 Å². The molecule has 0 aromatic carbocycles. The molecule has 2 rings (SSSR count). The van der Waals surface area contributed by atoms with Crippen LogP contribution in [0.25, 0.3) is 0 Å². The third kappa shape index (κ3) is 4.03. The molecule has 1 aromatic heterocycles. The Morgan fingerprint density at radius 1 is 1.63 bits per heavy atom. The molecule has 0 amide bonds. The number of nitrogens with zero attached hydrogens (tertiary/aromatic N) is 2. The Morgan fingerprint density at radius 3 is 3.16 bits per heavy atom. The molecule has 0 aliphatic carbocycles. The molecule has 0 spiro atoms. The van der Waals surface area contributed by atoms with Crippen LogP contribution < -0.4 is 5.32 Å². The van der Waals surface area contributed by atoms with E-state index in [2.05, 4.69) is 17.2 Å². The van der Waals surface area contributed by atoms with Crippen molar-refractivity contribution in [3.63, 3.8) is 0 Å². The van der Waals surface area contributed by atoms with Crippen molar-refractivity contribution in [1.82, 2.24) is 14.9 Å². The molecular formula is C14H25N3O2. The summed E-state index contributed by atoms with van der Waals surface area (Å²) in [6, 6.07) is 0.874. The van der Waals surface area contributed by atoms with Crippen LogP contribution in [-0.4, -0.2) is 41.5 Å². The fourth-order valence-electron chi connectivity index (χ4n) is 2.58. The number of aromatic nitrogens is 2. The number of hydrogen-bond acceptors (Lipinski definition) is 4. The molecule has 19 heavy (non-hydrogen) atoms. The van der Waals surface area contributed by atoms with Gasteiger partial charge in [-0.2, -0.15) is 0 Å². The third-order valence-corrected chi connectivity index (χ3v) is 3.56. The monoisotopic (exact) mass is 267 g/mol. The Balaban J connectivity index is 1.85. The molecule has 5 nitrogen and oxygen atoms in total. The average molecular weight is 267 g/mol. The van der Waals surface area contributed by atoms with Crippen LogP contribution in [0.2, 0.25) is 0 Å². The topological polar surface area (TPSA) is 48.3 Å². The molecule has 3 atom stereocenters. The summed E-state index contributed by atoms with van der Waals surface area (Å²) in [5, 5.41) is 3.63. The van der Waals surface area contributed by atoms with Crippen molar-refractivity contribution in [2.45, 2.75) is 44.9 Å². The van der Waals surface area contributed by atoms with E-state index in [-0.39, 0.29) is 6.10 Å². The molecule has 108 valence electrons. The standard InChI is InChI=1S/C14H25N3O2/c1-4-18-9-11(2)16-12-5-6-19-14(7-12)13-8-15-10-17(13)3/h8,10-12,14,16H,4-7,9H2,1-3H3/t11-,12+,14+/m0/s1. The number of rotatable bonds is 6. The second kappa shape index (κ2) is 7.03. The predicted octanol–water partition coefficient (Wildman–Crippen LogP) is 1.65. The summed E-state index contributed by atoms with van der Waals surface area (Å²) in [5.74, 6) is 0. The van der Waals surface area contributed by atoms with E-state index in [1.165, 1.54) is 0 Å². The lowest BCUT2D eigenvalue weighted by atomic mass is 10.0. The summed E-state index contributed by atoms with van der Waals surface area (Å²) in [4.78, 5) is 4.17. The van der Waals surface area contributed by atoms with Gasteiger partial charge in [0, 0.05) is 32.3 Å². The molecule has 1 saturated heterocycles. The zero-order valence-electron chi connectivity index (χ0n) is 12.1. The average Bonchev–Trinajstić information content (AvgIpc) is 2.83. The Hall–Kier alpha value is -0.910. The third-order valence-electron chi connectivity index (χ3n) is 3.56. The highest BCUT2D eigenvalue weighted by atomic mass is 16.5. The summed E-state index contributed by atoms with van der Waals surface area (Å²) in [5.41, 5.74) is 1.16. The summed E-state index contributed by atoms with van der Waals surface area (Å²) in [7, 11) is 2.01. The molecule has 0 bridgehead atoms. The van der Waals surface area contributed by atoms with E-state index in [9.17, 15) is 0 Å². The van der Waals surface area contributed by atoms with Gasteiger partial charge in [0.1, 0.15) is 6.10 Å². The highest BCUT2D eigenvalue weighted by molar-refractivity contribution is 5.04. The van der Waals surface area contributed by atoms with Crippen LogP contribution in [0.4, 0.5) is 0 Å². The van der Waals surface area contributed by atoms with E-state index in [0.717, 1.165) is 38.4 Å². The Morgan fingerprint density at radius 2 is 2.47 bits per heavy atom. The van der Waals surface area contributed by atoms with Crippen molar-refractivity contribution >= 4 is 0 Å². The molecule has 1 fully saturated rings. The fourth-order valence-corrected chi connectivity index (χ4v) is 2.58. The number of aryl methyl sites for hydroxylation is 1. The van der Waals surface area contributed by atoms with Gasteiger partial charge in [-0.3, -0.25) is 0 Å². The normalized spacial score (nSPS) is 25.4. The molecule has 0 unspecified atom stereocenters. The molecular weight excluding hydrogens is 242 g/mol. The first kappa shape index (κ1) is 14.5. The van der Waals surface area contributed by atoms with Crippen LogP contribution in [0.5, 0.6) is 0 Å². The first-order valence-corrected chi connectivity index (χ1v) is 7.12. The quantitative estimate of drug-likeness (QED) is 0.851. The number of nitrogens with one attached hydrogen (secondary N) is 1. The molecule has 0 saturated carbocycles. The molecule has 1 aliphatic rings. The van der Waals surface area contributed by atoms with Gasteiger partial charge in [0.2, 0.25) is 0 Å². The number of ether oxygens (including phenoxy) is 2. The molecule has 1 aromatic rings. The highest BCUT2D eigenvalue weighted by Crippen LogP contribution is 2.27. The van der Waals surface area contributed by atoms with Crippen molar-refractivity contribution in [1.29, 1.82) is 0 Å². The van der Waals surface area contributed by atoms with Crippen LogP contribution in [0.3, 0.4) is 0 Å². The number of hydrogen-bond donors (Lipinski definition) is 1. The minimum atomic E-state index is 0.151. The van der Waals surface area contributed by atoms with E-state index in [1.54, 1.807) is 0 Å². The minimum absolute atomic E-state index is 0.151. The SMILES string of the molecule is CCOC[C@H](C)N[C@@H]1CCO[C@@H](c2cncn2C)C1.